The molecule has 21 heavy (non-hydrogen) atoms. The van der Waals surface area contributed by atoms with Crippen molar-refractivity contribution in [2.24, 2.45) is 0 Å². The number of nitrogens with zero attached hydrogens (tertiary/aromatic N) is 2. The third-order valence-corrected chi connectivity index (χ3v) is 4.75. The molecule has 4 heteroatoms. The van der Waals surface area contributed by atoms with Crippen LogP contribution in [0.4, 0.5) is 0 Å². The zero-order valence-electron chi connectivity index (χ0n) is 11.2. The molecule has 3 nitrogen and oxygen atoms in total. The van der Waals surface area contributed by atoms with Gasteiger partial charge in [-0.25, -0.2) is 4.98 Å². The van der Waals surface area contributed by atoms with Crippen LogP contribution in [0, 0.1) is 5.21 Å². The van der Waals surface area contributed by atoms with E-state index >= 15 is 0 Å². The van der Waals surface area contributed by atoms with Gasteiger partial charge in [0.05, 0.1) is 11.9 Å². The lowest BCUT2D eigenvalue weighted by Gasteiger charge is -1.99. The van der Waals surface area contributed by atoms with Gasteiger partial charge in [-0.05, 0) is 11.6 Å². The molecule has 4 rings (SSSR count). The lowest BCUT2D eigenvalue weighted by Crippen LogP contribution is -2.28. The number of aromatic nitrogens is 2. The molecular formula is C17H12N2OS. The summed E-state index contributed by atoms with van der Waals surface area (Å²) >= 11 is 1.56. The Hall–Kier alpha value is -2.46. The van der Waals surface area contributed by atoms with Crippen LogP contribution in [0.3, 0.4) is 0 Å². The summed E-state index contributed by atoms with van der Waals surface area (Å²) in [7, 11) is 0. The third kappa shape index (κ3) is 2.04. The van der Waals surface area contributed by atoms with E-state index in [9.17, 15) is 5.21 Å². The summed E-state index contributed by atoms with van der Waals surface area (Å²) in [6, 6.07) is 18.0. The van der Waals surface area contributed by atoms with Crippen LogP contribution in [0.5, 0.6) is 0 Å². The molecule has 102 valence electrons. The SMILES string of the molecule is [O-][n+]1c(Cc2ccccc2)sc2c3ccccc3ncc21. The number of para-hydroxylation sites is 1. The Morgan fingerprint density at radius 2 is 1.76 bits per heavy atom. The predicted octanol–water partition coefficient (Wildman–Crippen LogP) is 3.67. The van der Waals surface area contributed by atoms with Gasteiger partial charge >= 0.3 is 0 Å². The molecule has 0 N–H and O–H groups in total. The van der Waals surface area contributed by atoms with E-state index in [0.29, 0.717) is 11.9 Å². The number of hydrogen-bond donors (Lipinski definition) is 0. The lowest BCUT2D eigenvalue weighted by molar-refractivity contribution is -0.580. The van der Waals surface area contributed by atoms with Crippen molar-refractivity contribution >= 4 is 32.5 Å². The van der Waals surface area contributed by atoms with Gasteiger partial charge in [-0.3, -0.25) is 0 Å². The van der Waals surface area contributed by atoms with Crippen LogP contribution >= 0.6 is 11.3 Å². The minimum Gasteiger partial charge on any atom is -0.617 e. The molecule has 4 aromatic rings. The molecule has 0 radical (unpaired) electrons. The number of rotatable bonds is 2. The number of hydrogen-bond acceptors (Lipinski definition) is 3. The van der Waals surface area contributed by atoms with Gasteiger partial charge in [0.1, 0.15) is 10.9 Å². The molecule has 0 aliphatic heterocycles. The number of benzene rings is 2. The highest BCUT2D eigenvalue weighted by Gasteiger charge is 2.18. The summed E-state index contributed by atoms with van der Waals surface area (Å²) in [6.45, 7) is 0. The first kappa shape index (κ1) is 12.3. The molecule has 2 aromatic heterocycles. The second-order valence-corrected chi connectivity index (χ2v) is 6.03. The molecule has 0 fully saturated rings. The van der Waals surface area contributed by atoms with E-state index in [-0.39, 0.29) is 0 Å². The molecule has 2 heterocycles. The fourth-order valence-electron chi connectivity index (χ4n) is 2.53. The zero-order chi connectivity index (χ0) is 14.2. The standard InChI is InChI=1S/C17H12N2OS/c20-19-15-11-18-14-9-5-4-8-13(14)17(15)21-16(19)10-12-6-2-1-3-7-12/h1-9,11H,10H2. The van der Waals surface area contributed by atoms with Crippen LogP contribution in [-0.4, -0.2) is 4.98 Å². The summed E-state index contributed by atoms with van der Waals surface area (Å²) in [6.07, 6.45) is 2.33. The summed E-state index contributed by atoms with van der Waals surface area (Å²) < 4.78 is 2.04. The van der Waals surface area contributed by atoms with Crippen molar-refractivity contribution in [3.05, 3.63) is 76.6 Å². The van der Waals surface area contributed by atoms with Crippen molar-refractivity contribution in [1.29, 1.82) is 0 Å². The van der Waals surface area contributed by atoms with Gasteiger partial charge in [0, 0.05) is 5.39 Å². The summed E-state index contributed by atoms with van der Waals surface area (Å²) in [4.78, 5) is 4.38. The average molecular weight is 292 g/mol. The van der Waals surface area contributed by atoms with Crippen molar-refractivity contribution in [3.63, 3.8) is 0 Å². The van der Waals surface area contributed by atoms with Crippen molar-refractivity contribution in [2.75, 3.05) is 0 Å². The number of thiazole rings is 1. The van der Waals surface area contributed by atoms with Crippen LogP contribution in [0.15, 0.2) is 60.8 Å². The summed E-state index contributed by atoms with van der Waals surface area (Å²) in [5.41, 5.74) is 2.73. The minimum atomic E-state index is 0.651. The third-order valence-electron chi connectivity index (χ3n) is 3.57. The minimum absolute atomic E-state index is 0.651. The average Bonchev–Trinajstić information content (AvgIpc) is 2.85. The van der Waals surface area contributed by atoms with Gasteiger partial charge in [0.25, 0.3) is 10.5 Å². The maximum Gasteiger partial charge on any atom is 0.254 e. The quantitative estimate of drug-likeness (QED) is 0.418. The summed E-state index contributed by atoms with van der Waals surface area (Å²) in [5.74, 6) is 0. The van der Waals surface area contributed by atoms with E-state index in [1.165, 1.54) is 0 Å². The Bertz CT molecular complexity index is 931. The van der Waals surface area contributed by atoms with E-state index in [1.54, 1.807) is 17.5 Å². The Kier molecular flexibility index (Phi) is 2.82. The van der Waals surface area contributed by atoms with E-state index in [2.05, 4.69) is 4.98 Å². The fourth-order valence-corrected chi connectivity index (χ4v) is 3.71. The van der Waals surface area contributed by atoms with Crippen LogP contribution in [0.2, 0.25) is 0 Å². The smallest absolute Gasteiger partial charge is 0.254 e. The van der Waals surface area contributed by atoms with Crippen molar-refractivity contribution in [1.82, 2.24) is 4.98 Å². The highest BCUT2D eigenvalue weighted by molar-refractivity contribution is 7.19. The highest BCUT2D eigenvalue weighted by Crippen LogP contribution is 2.28. The van der Waals surface area contributed by atoms with Gasteiger partial charge in [0.15, 0.2) is 0 Å². The molecule has 0 amide bonds. The van der Waals surface area contributed by atoms with Crippen LogP contribution in [0.1, 0.15) is 10.6 Å². The van der Waals surface area contributed by atoms with Gasteiger partial charge in [-0.15, -0.1) is 0 Å². The van der Waals surface area contributed by atoms with E-state index in [0.717, 1.165) is 30.9 Å². The lowest BCUT2D eigenvalue weighted by atomic mass is 10.2. The topological polar surface area (TPSA) is 39.8 Å². The normalized spacial score (nSPS) is 11.2. The molecule has 0 atom stereocenters. The van der Waals surface area contributed by atoms with Crippen molar-refractivity contribution in [3.8, 4) is 0 Å². The van der Waals surface area contributed by atoms with Crippen LogP contribution < -0.4 is 4.73 Å². The molecule has 0 saturated heterocycles. The Morgan fingerprint density at radius 1 is 1.00 bits per heavy atom. The van der Waals surface area contributed by atoms with Crippen LogP contribution in [-0.2, 0) is 6.42 Å². The van der Waals surface area contributed by atoms with Gasteiger partial charge in [-0.2, -0.15) is 4.73 Å². The largest absolute Gasteiger partial charge is 0.617 e. The zero-order valence-corrected chi connectivity index (χ0v) is 12.0. The Morgan fingerprint density at radius 3 is 2.62 bits per heavy atom. The second kappa shape index (κ2) is 4.82. The van der Waals surface area contributed by atoms with Crippen molar-refractivity contribution < 1.29 is 4.73 Å². The van der Waals surface area contributed by atoms with Crippen molar-refractivity contribution in [2.45, 2.75) is 6.42 Å². The number of fused-ring (bicyclic) bond motifs is 3. The summed E-state index contributed by atoms with van der Waals surface area (Å²) in [5, 5.41) is 14.3. The molecule has 0 bridgehead atoms. The van der Waals surface area contributed by atoms with Gasteiger partial charge in [0.2, 0.25) is 0 Å². The first-order chi connectivity index (χ1) is 10.3. The second-order valence-electron chi connectivity index (χ2n) is 4.94. The fraction of sp³-hybridized carbons (Fsp3) is 0.0588. The van der Waals surface area contributed by atoms with E-state index < -0.39 is 0 Å². The molecule has 0 aliphatic carbocycles. The Balaban J connectivity index is 1.91. The molecule has 0 aliphatic rings. The monoisotopic (exact) mass is 292 g/mol. The van der Waals surface area contributed by atoms with E-state index in [1.807, 2.05) is 54.6 Å². The molecule has 0 saturated carbocycles. The first-order valence-corrected chi connectivity index (χ1v) is 7.57. The molecular weight excluding hydrogens is 280 g/mol. The van der Waals surface area contributed by atoms with Gasteiger partial charge in [-0.1, -0.05) is 59.9 Å². The first-order valence-electron chi connectivity index (χ1n) is 6.75. The van der Waals surface area contributed by atoms with Gasteiger partial charge < -0.3 is 5.21 Å². The highest BCUT2D eigenvalue weighted by atomic mass is 32.1. The van der Waals surface area contributed by atoms with E-state index in [4.69, 9.17) is 0 Å². The molecule has 0 spiro atoms. The maximum atomic E-state index is 12.5. The van der Waals surface area contributed by atoms with Crippen LogP contribution in [0.25, 0.3) is 21.1 Å². The molecule has 0 unspecified atom stereocenters. The molecule has 2 aromatic carbocycles. The predicted molar refractivity (Wildman–Crippen MR) is 85.3 cm³/mol. The number of pyridine rings is 1. The maximum absolute atomic E-state index is 12.5. The Labute approximate surface area is 125 Å².